The highest BCUT2D eigenvalue weighted by Gasteiger charge is 2.18. The van der Waals surface area contributed by atoms with E-state index in [1.807, 2.05) is 20.0 Å². The molecule has 0 spiro atoms. The van der Waals surface area contributed by atoms with Crippen LogP contribution in [0, 0.1) is 20.8 Å². The number of anilines is 1. The molecule has 0 saturated heterocycles. The van der Waals surface area contributed by atoms with Crippen LogP contribution in [-0.2, 0) is 16.6 Å². The maximum absolute atomic E-state index is 12.4. The van der Waals surface area contributed by atoms with Gasteiger partial charge in [-0.25, -0.2) is 13.1 Å². The number of nitrogens with one attached hydrogen (secondary N) is 1. The number of hydrogen-bond donors (Lipinski definition) is 2. The summed E-state index contributed by atoms with van der Waals surface area (Å²) in [6, 6.07) is 3.25. The monoisotopic (exact) mass is 308 g/mol. The molecule has 0 unspecified atom stereocenters. The third-order valence-electron chi connectivity index (χ3n) is 3.33. The first kappa shape index (κ1) is 15.5. The molecule has 21 heavy (non-hydrogen) atoms. The molecule has 0 saturated carbocycles. The van der Waals surface area contributed by atoms with Gasteiger partial charge in [0.25, 0.3) is 0 Å². The van der Waals surface area contributed by atoms with Gasteiger partial charge in [0.05, 0.1) is 17.6 Å². The molecule has 1 aromatic carbocycles. The Morgan fingerprint density at radius 2 is 2.00 bits per heavy atom. The van der Waals surface area contributed by atoms with Gasteiger partial charge in [0.2, 0.25) is 10.0 Å². The smallest absolute Gasteiger partial charge is 0.240 e. The molecule has 0 amide bonds. The van der Waals surface area contributed by atoms with Crippen molar-refractivity contribution in [1.29, 1.82) is 0 Å². The van der Waals surface area contributed by atoms with Gasteiger partial charge in [-0.2, -0.15) is 5.10 Å². The molecule has 3 N–H and O–H groups in total. The van der Waals surface area contributed by atoms with Crippen molar-refractivity contribution in [2.45, 2.75) is 32.2 Å². The van der Waals surface area contributed by atoms with Gasteiger partial charge in [-0.3, -0.25) is 4.68 Å². The molecule has 2 rings (SSSR count). The fraction of sp³-hybridized carbons (Fsp3) is 0.357. The lowest BCUT2D eigenvalue weighted by molar-refractivity contribution is 0.560. The molecule has 2 aromatic rings. The van der Waals surface area contributed by atoms with Gasteiger partial charge >= 0.3 is 0 Å². The van der Waals surface area contributed by atoms with E-state index in [1.165, 1.54) is 6.07 Å². The van der Waals surface area contributed by atoms with E-state index in [0.29, 0.717) is 17.8 Å². The second-order valence-electron chi connectivity index (χ2n) is 5.14. The van der Waals surface area contributed by atoms with Gasteiger partial charge in [0.15, 0.2) is 0 Å². The lowest BCUT2D eigenvalue weighted by Gasteiger charge is -2.12. The minimum atomic E-state index is -3.57. The van der Waals surface area contributed by atoms with Crippen molar-refractivity contribution in [2.24, 2.45) is 0 Å². The van der Waals surface area contributed by atoms with Gasteiger partial charge in [-0.05, 0) is 49.6 Å². The molecular formula is C14H20N4O2S. The Morgan fingerprint density at radius 1 is 1.29 bits per heavy atom. The van der Waals surface area contributed by atoms with Gasteiger partial charge in [0.1, 0.15) is 0 Å². The summed E-state index contributed by atoms with van der Waals surface area (Å²) in [6.07, 6.45) is 3.60. The zero-order chi connectivity index (χ0) is 15.6. The van der Waals surface area contributed by atoms with Gasteiger partial charge in [-0.1, -0.05) is 0 Å². The maximum Gasteiger partial charge on any atom is 0.240 e. The van der Waals surface area contributed by atoms with Crippen molar-refractivity contribution in [1.82, 2.24) is 14.5 Å². The highest BCUT2D eigenvalue weighted by molar-refractivity contribution is 7.89. The molecule has 1 heterocycles. The van der Waals surface area contributed by atoms with Crippen LogP contribution in [0.3, 0.4) is 0 Å². The number of rotatable bonds is 5. The molecule has 0 bridgehead atoms. The number of nitrogens with zero attached hydrogens (tertiary/aromatic N) is 2. The Balaban J connectivity index is 2.12. The lowest BCUT2D eigenvalue weighted by atomic mass is 10.1. The first-order valence-corrected chi connectivity index (χ1v) is 8.13. The van der Waals surface area contributed by atoms with Crippen LogP contribution in [-0.4, -0.2) is 24.7 Å². The third kappa shape index (κ3) is 3.62. The largest absolute Gasteiger partial charge is 0.399 e. The maximum atomic E-state index is 12.4. The van der Waals surface area contributed by atoms with Crippen molar-refractivity contribution in [3.8, 4) is 0 Å². The molecule has 6 nitrogen and oxygen atoms in total. The second kappa shape index (κ2) is 5.87. The quantitative estimate of drug-likeness (QED) is 0.816. The zero-order valence-corrected chi connectivity index (χ0v) is 13.2. The molecule has 0 atom stereocenters. The van der Waals surface area contributed by atoms with Crippen LogP contribution in [0.2, 0.25) is 0 Å². The normalized spacial score (nSPS) is 11.8. The number of nitrogen functional groups attached to an aromatic ring is 1. The first-order chi connectivity index (χ1) is 9.79. The summed E-state index contributed by atoms with van der Waals surface area (Å²) in [5, 5.41) is 4.12. The van der Waals surface area contributed by atoms with E-state index in [2.05, 4.69) is 9.82 Å². The predicted octanol–water partition coefficient (Wildman–Crippen LogP) is 1.37. The molecule has 0 fully saturated rings. The zero-order valence-electron chi connectivity index (χ0n) is 12.4. The summed E-state index contributed by atoms with van der Waals surface area (Å²) < 4.78 is 29.0. The number of nitrogens with two attached hydrogens (primary N) is 1. The molecule has 0 radical (unpaired) electrons. The van der Waals surface area contributed by atoms with Gasteiger partial charge in [0, 0.05) is 18.4 Å². The number of aryl methyl sites for hydroxylation is 2. The van der Waals surface area contributed by atoms with E-state index < -0.39 is 10.0 Å². The van der Waals surface area contributed by atoms with Crippen LogP contribution < -0.4 is 10.5 Å². The van der Waals surface area contributed by atoms with Crippen molar-refractivity contribution >= 4 is 15.7 Å². The number of aromatic nitrogens is 2. The summed E-state index contributed by atoms with van der Waals surface area (Å²) in [5.74, 6) is 0. The summed E-state index contributed by atoms with van der Waals surface area (Å²) in [6.45, 7) is 6.31. The Labute approximate surface area is 125 Å². The van der Waals surface area contributed by atoms with Crippen molar-refractivity contribution < 1.29 is 8.42 Å². The van der Waals surface area contributed by atoms with Crippen molar-refractivity contribution in [3.63, 3.8) is 0 Å². The predicted molar refractivity (Wildman–Crippen MR) is 82.5 cm³/mol. The van der Waals surface area contributed by atoms with Gasteiger partial charge < -0.3 is 5.73 Å². The van der Waals surface area contributed by atoms with Crippen LogP contribution in [0.25, 0.3) is 0 Å². The Kier molecular flexibility index (Phi) is 4.34. The SMILES string of the molecule is Cc1cnn(CCNS(=O)(=O)c2cc(N)cc(C)c2C)c1. The second-order valence-corrected chi connectivity index (χ2v) is 6.87. The lowest BCUT2D eigenvalue weighted by Crippen LogP contribution is -2.28. The molecular weight excluding hydrogens is 288 g/mol. The highest BCUT2D eigenvalue weighted by Crippen LogP contribution is 2.22. The van der Waals surface area contributed by atoms with Crippen LogP contribution in [0.15, 0.2) is 29.4 Å². The summed E-state index contributed by atoms with van der Waals surface area (Å²) >= 11 is 0. The van der Waals surface area contributed by atoms with E-state index in [-0.39, 0.29) is 11.4 Å². The average molecular weight is 308 g/mol. The van der Waals surface area contributed by atoms with Crippen LogP contribution in [0.1, 0.15) is 16.7 Å². The number of sulfonamides is 1. The Morgan fingerprint density at radius 3 is 2.62 bits per heavy atom. The minimum absolute atomic E-state index is 0.233. The van der Waals surface area contributed by atoms with Crippen LogP contribution in [0.5, 0.6) is 0 Å². The molecule has 1 aromatic heterocycles. The third-order valence-corrected chi connectivity index (χ3v) is 4.91. The fourth-order valence-corrected chi connectivity index (χ4v) is 3.47. The minimum Gasteiger partial charge on any atom is -0.399 e. The molecule has 0 aliphatic heterocycles. The first-order valence-electron chi connectivity index (χ1n) is 6.65. The van der Waals surface area contributed by atoms with Gasteiger partial charge in [-0.15, -0.1) is 0 Å². The van der Waals surface area contributed by atoms with Crippen LogP contribution >= 0.6 is 0 Å². The van der Waals surface area contributed by atoms with Crippen LogP contribution in [0.4, 0.5) is 5.69 Å². The van der Waals surface area contributed by atoms with E-state index >= 15 is 0 Å². The molecule has 7 heteroatoms. The van der Waals surface area contributed by atoms with E-state index in [4.69, 9.17) is 5.73 Å². The molecule has 0 aliphatic carbocycles. The van der Waals surface area contributed by atoms with Crippen molar-refractivity contribution in [3.05, 3.63) is 41.2 Å². The van der Waals surface area contributed by atoms with E-state index in [1.54, 1.807) is 23.9 Å². The van der Waals surface area contributed by atoms with E-state index in [9.17, 15) is 8.42 Å². The summed E-state index contributed by atoms with van der Waals surface area (Å²) in [4.78, 5) is 0.233. The summed E-state index contributed by atoms with van der Waals surface area (Å²) in [5.41, 5.74) is 8.80. The average Bonchev–Trinajstić information content (AvgIpc) is 2.79. The Bertz CT molecular complexity index is 750. The number of benzene rings is 1. The standard InChI is InChI=1S/C14H20N4O2S/c1-10-8-16-18(9-10)5-4-17-21(19,20)14-7-13(15)6-11(2)12(14)3/h6-9,17H,4-5,15H2,1-3H3. The summed E-state index contributed by atoms with van der Waals surface area (Å²) in [7, 11) is -3.57. The molecule has 0 aliphatic rings. The Hall–Kier alpha value is -1.86. The fourth-order valence-electron chi connectivity index (χ4n) is 2.09. The van der Waals surface area contributed by atoms with Crippen molar-refractivity contribution in [2.75, 3.05) is 12.3 Å². The van der Waals surface area contributed by atoms with E-state index in [0.717, 1.165) is 11.1 Å². The highest BCUT2D eigenvalue weighted by atomic mass is 32.2. The molecule has 114 valence electrons. The topological polar surface area (TPSA) is 90.0 Å². The number of hydrogen-bond acceptors (Lipinski definition) is 4.